The SMILES string of the molecule is CC(=O)c1ccc(C)c(NC(=O)C2CC(=O)N(C3CCCCC3)C2)c1. The summed E-state index contributed by atoms with van der Waals surface area (Å²) in [6.45, 7) is 3.92. The van der Waals surface area contributed by atoms with E-state index in [1.54, 1.807) is 12.1 Å². The molecule has 5 heteroatoms. The number of hydrogen-bond donors (Lipinski definition) is 1. The number of amides is 2. The van der Waals surface area contributed by atoms with Crippen molar-refractivity contribution < 1.29 is 14.4 Å². The third-order valence-electron chi connectivity index (χ3n) is 5.45. The maximum absolute atomic E-state index is 12.6. The fourth-order valence-corrected chi connectivity index (χ4v) is 3.86. The molecule has 2 fully saturated rings. The Morgan fingerprint density at radius 1 is 1.16 bits per heavy atom. The molecule has 1 saturated heterocycles. The Kier molecular flexibility index (Phi) is 5.21. The highest BCUT2D eigenvalue weighted by molar-refractivity contribution is 6.00. The zero-order chi connectivity index (χ0) is 18.0. The van der Waals surface area contributed by atoms with Gasteiger partial charge in [0.05, 0.1) is 5.92 Å². The summed E-state index contributed by atoms with van der Waals surface area (Å²) in [4.78, 5) is 38.5. The van der Waals surface area contributed by atoms with Gasteiger partial charge in [-0.1, -0.05) is 31.4 Å². The van der Waals surface area contributed by atoms with E-state index in [4.69, 9.17) is 0 Å². The molecule has 3 rings (SSSR count). The highest BCUT2D eigenvalue weighted by atomic mass is 16.2. The van der Waals surface area contributed by atoms with Crippen molar-refractivity contribution in [1.29, 1.82) is 0 Å². The molecular weight excluding hydrogens is 316 g/mol. The summed E-state index contributed by atoms with van der Waals surface area (Å²) in [5.41, 5.74) is 2.14. The lowest BCUT2D eigenvalue weighted by molar-refractivity contribution is -0.130. The molecular formula is C20H26N2O3. The molecule has 1 N–H and O–H groups in total. The number of rotatable bonds is 4. The average molecular weight is 342 g/mol. The van der Waals surface area contributed by atoms with Gasteiger partial charge < -0.3 is 10.2 Å². The van der Waals surface area contributed by atoms with Gasteiger partial charge in [-0.05, 0) is 38.3 Å². The second kappa shape index (κ2) is 7.38. The summed E-state index contributed by atoms with van der Waals surface area (Å²) < 4.78 is 0. The highest BCUT2D eigenvalue weighted by Crippen LogP contribution is 2.29. The minimum absolute atomic E-state index is 0.0324. The first-order valence-corrected chi connectivity index (χ1v) is 9.17. The van der Waals surface area contributed by atoms with Gasteiger partial charge in [0.2, 0.25) is 11.8 Å². The molecule has 5 nitrogen and oxygen atoms in total. The standard InChI is InChI=1S/C20H26N2O3/c1-13-8-9-15(14(2)23)10-18(13)21-20(25)16-11-19(24)22(12-16)17-6-4-3-5-7-17/h8-10,16-17H,3-7,11-12H2,1-2H3,(H,21,25). The van der Waals surface area contributed by atoms with Gasteiger partial charge in [0.15, 0.2) is 5.78 Å². The second-order valence-electron chi connectivity index (χ2n) is 7.31. The number of hydrogen-bond acceptors (Lipinski definition) is 3. The summed E-state index contributed by atoms with van der Waals surface area (Å²) in [6, 6.07) is 5.62. The Balaban J connectivity index is 1.67. The van der Waals surface area contributed by atoms with E-state index >= 15 is 0 Å². The Morgan fingerprint density at radius 2 is 1.88 bits per heavy atom. The molecule has 1 aliphatic carbocycles. The van der Waals surface area contributed by atoms with Crippen molar-refractivity contribution in [2.24, 2.45) is 5.92 Å². The van der Waals surface area contributed by atoms with E-state index in [9.17, 15) is 14.4 Å². The number of Topliss-reactive ketones (excluding diaryl/α,β-unsaturated/α-hetero) is 1. The fourth-order valence-electron chi connectivity index (χ4n) is 3.86. The van der Waals surface area contributed by atoms with E-state index in [1.165, 1.54) is 26.2 Å². The van der Waals surface area contributed by atoms with Crippen LogP contribution in [-0.4, -0.2) is 35.1 Å². The van der Waals surface area contributed by atoms with Crippen LogP contribution < -0.4 is 5.32 Å². The molecule has 25 heavy (non-hydrogen) atoms. The van der Waals surface area contributed by atoms with Crippen molar-refractivity contribution >= 4 is 23.3 Å². The number of aryl methyl sites for hydroxylation is 1. The number of anilines is 1. The summed E-state index contributed by atoms with van der Waals surface area (Å²) >= 11 is 0. The first-order valence-electron chi connectivity index (χ1n) is 9.17. The third-order valence-corrected chi connectivity index (χ3v) is 5.45. The van der Waals surface area contributed by atoms with E-state index in [1.807, 2.05) is 17.9 Å². The molecule has 1 unspecified atom stereocenters. The molecule has 2 aliphatic rings. The van der Waals surface area contributed by atoms with Crippen LogP contribution in [0.3, 0.4) is 0 Å². The van der Waals surface area contributed by atoms with Gasteiger partial charge >= 0.3 is 0 Å². The fraction of sp³-hybridized carbons (Fsp3) is 0.550. The number of carbonyl (C=O) groups excluding carboxylic acids is 3. The molecule has 0 aromatic heterocycles. The number of nitrogens with one attached hydrogen (secondary N) is 1. The van der Waals surface area contributed by atoms with Gasteiger partial charge in [0, 0.05) is 30.3 Å². The minimum atomic E-state index is -0.310. The van der Waals surface area contributed by atoms with Crippen molar-refractivity contribution in [3.63, 3.8) is 0 Å². The van der Waals surface area contributed by atoms with Crippen molar-refractivity contribution in [3.05, 3.63) is 29.3 Å². The van der Waals surface area contributed by atoms with Crippen LogP contribution in [0.1, 0.15) is 61.4 Å². The lowest BCUT2D eigenvalue weighted by Gasteiger charge is -2.31. The highest BCUT2D eigenvalue weighted by Gasteiger charge is 2.38. The Bertz CT molecular complexity index is 692. The molecule has 0 bridgehead atoms. The Hall–Kier alpha value is -2.17. The summed E-state index contributed by atoms with van der Waals surface area (Å²) in [5.74, 6) is -0.374. The van der Waals surface area contributed by atoms with Crippen LogP contribution in [0, 0.1) is 12.8 Å². The topological polar surface area (TPSA) is 66.5 Å². The molecule has 1 aromatic rings. The quantitative estimate of drug-likeness (QED) is 0.854. The summed E-state index contributed by atoms with van der Waals surface area (Å²) in [6.07, 6.45) is 5.98. The van der Waals surface area contributed by atoms with Crippen LogP contribution in [0.5, 0.6) is 0 Å². The molecule has 0 radical (unpaired) electrons. The summed E-state index contributed by atoms with van der Waals surface area (Å²) in [5, 5.41) is 2.92. The molecule has 1 heterocycles. The molecule has 0 spiro atoms. The summed E-state index contributed by atoms with van der Waals surface area (Å²) in [7, 11) is 0. The van der Waals surface area contributed by atoms with E-state index in [0.29, 0.717) is 23.8 Å². The largest absolute Gasteiger partial charge is 0.339 e. The second-order valence-corrected chi connectivity index (χ2v) is 7.31. The van der Waals surface area contributed by atoms with E-state index in [2.05, 4.69) is 5.32 Å². The molecule has 1 aromatic carbocycles. The lowest BCUT2D eigenvalue weighted by atomic mass is 9.94. The zero-order valence-electron chi connectivity index (χ0n) is 15.0. The van der Waals surface area contributed by atoms with Crippen molar-refractivity contribution in [2.75, 3.05) is 11.9 Å². The van der Waals surface area contributed by atoms with Crippen LogP contribution in [0.4, 0.5) is 5.69 Å². The third kappa shape index (κ3) is 3.91. The molecule has 1 atom stereocenters. The maximum Gasteiger partial charge on any atom is 0.229 e. The molecule has 1 aliphatic heterocycles. The number of nitrogens with zero attached hydrogens (tertiary/aromatic N) is 1. The molecule has 1 saturated carbocycles. The smallest absolute Gasteiger partial charge is 0.229 e. The lowest BCUT2D eigenvalue weighted by Crippen LogP contribution is -2.38. The van der Waals surface area contributed by atoms with Gasteiger partial charge in [-0.2, -0.15) is 0 Å². The van der Waals surface area contributed by atoms with Crippen molar-refractivity contribution in [3.8, 4) is 0 Å². The zero-order valence-corrected chi connectivity index (χ0v) is 15.0. The van der Waals surface area contributed by atoms with Crippen molar-refractivity contribution in [1.82, 2.24) is 4.90 Å². The van der Waals surface area contributed by atoms with Gasteiger partial charge in [-0.25, -0.2) is 0 Å². The normalized spacial score (nSPS) is 21.4. The molecule has 134 valence electrons. The average Bonchev–Trinajstić information content (AvgIpc) is 2.99. The Labute approximate surface area is 148 Å². The number of ketones is 1. The van der Waals surface area contributed by atoms with Gasteiger partial charge in [-0.3, -0.25) is 14.4 Å². The van der Waals surface area contributed by atoms with E-state index in [-0.39, 0.29) is 29.9 Å². The monoisotopic (exact) mass is 342 g/mol. The van der Waals surface area contributed by atoms with Gasteiger partial charge in [0.25, 0.3) is 0 Å². The van der Waals surface area contributed by atoms with Crippen molar-refractivity contribution in [2.45, 2.75) is 58.4 Å². The van der Waals surface area contributed by atoms with Crippen LogP contribution >= 0.6 is 0 Å². The predicted octanol–water partition coefficient (Wildman–Crippen LogP) is 3.32. The van der Waals surface area contributed by atoms with Crippen LogP contribution in [0.25, 0.3) is 0 Å². The van der Waals surface area contributed by atoms with Gasteiger partial charge in [-0.15, -0.1) is 0 Å². The number of likely N-dealkylation sites (tertiary alicyclic amines) is 1. The van der Waals surface area contributed by atoms with E-state index in [0.717, 1.165) is 18.4 Å². The minimum Gasteiger partial charge on any atom is -0.339 e. The van der Waals surface area contributed by atoms with E-state index < -0.39 is 0 Å². The van der Waals surface area contributed by atoms with Crippen LogP contribution in [-0.2, 0) is 9.59 Å². The van der Waals surface area contributed by atoms with Crippen LogP contribution in [0.15, 0.2) is 18.2 Å². The van der Waals surface area contributed by atoms with Gasteiger partial charge in [0.1, 0.15) is 0 Å². The first kappa shape index (κ1) is 17.6. The van der Waals surface area contributed by atoms with Crippen LogP contribution in [0.2, 0.25) is 0 Å². The maximum atomic E-state index is 12.6. The molecule has 2 amide bonds. The number of carbonyl (C=O) groups is 3. The Morgan fingerprint density at radius 3 is 2.56 bits per heavy atom. The number of benzene rings is 1. The predicted molar refractivity (Wildman–Crippen MR) is 96.5 cm³/mol. The first-order chi connectivity index (χ1) is 12.0.